The van der Waals surface area contributed by atoms with Crippen LogP contribution in [0, 0.1) is 10.1 Å². The van der Waals surface area contributed by atoms with Crippen molar-refractivity contribution in [2.24, 2.45) is 16.5 Å². The van der Waals surface area contributed by atoms with Crippen LogP contribution in [-0.2, 0) is 5.79 Å². The van der Waals surface area contributed by atoms with Crippen LogP contribution in [0.3, 0.4) is 0 Å². The van der Waals surface area contributed by atoms with Crippen molar-refractivity contribution in [3.63, 3.8) is 0 Å². The van der Waals surface area contributed by atoms with E-state index in [9.17, 15) is 10.1 Å². The summed E-state index contributed by atoms with van der Waals surface area (Å²) >= 11 is 0. The molecular formula is C14H13N5O2. The molecule has 3 rings (SSSR count). The molecule has 0 aromatic heterocycles. The Kier molecular flexibility index (Phi) is 2.84. The van der Waals surface area contributed by atoms with E-state index in [2.05, 4.69) is 10.3 Å². The van der Waals surface area contributed by atoms with Crippen molar-refractivity contribution < 1.29 is 4.92 Å². The Morgan fingerprint density at radius 3 is 2.57 bits per heavy atom. The summed E-state index contributed by atoms with van der Waals surface area (Å²) in [5.41, 5.74) is 12.2. The third-order valence-corrected chi connectivity index (χ3v) is 3.37. The van der Waals surface area contributed by atoms with Crippen molar-refractivity contribution >= 4 is 16.6 Å². The third kappa shape index (κ3) is 2.19. The van der Waals surface area contributed by atoms with Gasteiger partial charge in [-0.3, -0.25) is 15.8 Å². The van der Waals surface area contributed by atoms with E-state index >= 15 is 0 Å². The molecule has 1 aliphatic heterocycles. The molecule has 0 spiro atoms. The van der Waals surface area contributed by atoms with Crippen LogP contribution in [0.15, 0.2) is 59.4 Å². The molecule has 0 fully saturated rings. The Morgan fingerprint density at radius 1 is 1.19 bits per heavy atom. The Balaban J connectivity index is 2.04. The first kappa shape index (κ1) is 13.1. The van der Waals surface area contributed by atoms with E-state index in [1.807, 2.05) is 42.5 Å². The summed E-state index contributed by atoms with van der Waals surface area (Å²) < 4.78 is 0. The molecule has 2 aromatic carbocycles. The second kappa shape index (κ2) is 4.57. The van der Waals surface area contributed by atoms with Crippen molar-refractivity contribution in [1.82, 2.24) is 5.32 Å². The maximum atomic E-state index is 10.8. The van der Waals surface area contributed by atoms with E-state index < -0.39 is 10.7 Å². The van der Waals surface area contributed by atoms with Gasteiger partial charge in [-0.15, -0.1) is 0 Å². The molecule has 0 amide bonds. The number of nitrogens with two attached hydrogens (primary N) is 2. The van der Waals surface area contributed by atoms with Crippen molar-refractivity contribution in [3.05, 3.63) is 70.0 Å². The fourth-order valence-electron chi connectivity index (χ4n) is 2.25. The van der Waals surface area contributed by atoms with Crippen LogP contribution in [0.1, 0.15) is 5.56 Å². The lowest BCUT2D eigenvalue weighted by molar-refractivity contribution is -0.416. The zero-order valence-electron chi connectivity index (χ0n) is 11.0. The van der Waals surface area contributed by atoms with Gasteiger partial charge >= 0.3 is 5.70 Å². The number of benzene rings is 2. The van der Waals surface area contributed by atoms with Gasteiger partial charge in [0.2, 0.25) is 11.6 Å². The fraction of sp³-hybridized carbons (Fsp3) is 0.0714. The Hall–Kier alpha value is -2.93. The van der Waals surface area contributed by atoms with Crippen LogP contribution in [0.2, 0.25) is 0 Å². The lowest BCUT2D eigenvalue weighted by Crippen LogP contribution is -2.51. The minimum Gasteiger partial charge on any atom is -0.378 e. The molecule has 1 heterocycles. The number of nitrogens with one attached hydrogen (secondary N) is 1. The fourth-order valence-corrected chi connectivity index (χ4v) is 2.25. The van der Waals surface area contributed by atoms with Gasteiger partial charge in [-0.2, -0.15) is 0 Å². The predicted octanol–water partition coefficient (Wildman–Crippen LogP) is 0.987. The third-order valence-electron chi connectivity index (χ3n) is 3.37. The van der Waals surface area contributed by atoms with E-state index in [0.717, 1.165) is 10.8 Å². The normalized spacial score (nSPS) is 21.4. The van der Waals surface area contributed by atoms with Gasteiger partial charge in [-0.25, -0.2) is 4.99 Å². The second-order valence-electron chi connectivity index (χ2n) is 4.76. The van der Waals surface area contributed by atoms with Gasteiger partial charge in [0.15, 0.2) is 0 Å². The summed E-state index contributed by atoms with van der Waals surface area (Å²) in [6.45, 7) is 0. The van der Waals surface area contributed by atoms with Gasteiger partial charge < -0.3 is 11.1 Å². The number of hydrogen-bond acceptors (Lipinski definition) is 6. The van der Waals surface area contributed by atoms with Crippen LogP contribution in [-0.4, -0.2) is 10.8 Å². The van der Waals surface area contributed by atoms with Gasteiger partial charge in [0.05, 0.1) is 11.1 Å². The molecule has 0 saturated heterocycles. The Bertz CT molecular complexity index is 799. The summed E-state index contributed by atoms with van der Waals surface area (Å²) in [5.74, 6) is -1.51. The molecule has 106 valence electrons. The number of aliphatic imine (C=N–C) groups is 1. The summed E-state index contributed by atoms with van der Waals surface area (Å²) in [7, 11) is 0. The molecule has 0 saturated carbocycles. The van der Waals surface area contributed by atoms with Gasteiger partial charge in [0.1, 0.15) is 0 Å². The molecular weight excluding hydrogens is 270 g/mol. The van der Waals surface area contributed by atoms with Gasteiger partial charge in [-0.05, 0) is 16.8 Å². The Morgan fingerprint density at radius 2 is 1.90 bits per heavy atom. The average Bonchev–Trinajstić information content (AvgIpc) is 2.46. The van der Waals surface area contributed by atoms with Crippen LogP contribution in [0.25, 0.3) is 10.8 Å². The smallest absolute Gasteiger partial charge is 0.326 e. The SMILES string of the molecule is NC1=NC(N)(c2ccc3ccccc3c2)NC=C1[N+](=O)[O-]. The van der Waals surface area contributed by atoms with Gasteiger partial charge in [-0.1, -0.05) is 36.4 Å². The first-order valence-corrected chi connectivity index (χ1v) is 6.26. The Labute approximate surface area is 120 Å². The zero-order valence-corrected chi connectivity index (χ0v) is 11.0. The lowest BCUT2D eigenvalue weighted by atomic mass is 10.0. The first-order chi connectivity index (χ1) is 9.99. The van der Waals surface area contributed by atoms with Crippen molar-refractivity contribution in [1.29, 1.82) is 0 Å². The maximum Gasteiger partial charge on any atom is 0.326 e. The topological polar surface area (TPSA) is 120 Å². The van der Waals surface area contributed by atoms with E-state index in [1.165, 1.54) is 6.20 Å². The number of amidine groups is 1. The lowest BCUT2D eigenvalue weighted by Gasteiger charge is -2.28. The quantitative estimate of drug-likeness (QED) is 0.560. The molecule has 0 bridgehead atoms. The summed E-state index contributed by atoms with van der Waals surface area (Å²) in [6, 6.07) is 13.4. The number of fused-ring (bicyclic) bond motifs is 1. The summed E-state index contributed by atoms with van der Waals surface area (Å²) in [6.07, 6.45) is 1.18. The monoisotopic (exact) mass is 283 g/mol. The average molecular weight is 283 g/mol. The minimum atomic E-state index is -1.31. The van der Waals surface area contributed by atoms with Crippen LogP contribution >= 0.6 is 0 Å². The van der Waals surface area contributed by atoms with E-state index in [1.54, 1.807) is 0 Å². The van der Waals surface area contributed by atoms with E-state index in [0.29, 0.717) is 5.56 Å². The molecule has 1 aliphatic rings. The summed E-state index contributed by atoms with van der Waals surface area (Å²) in [4.78, 5) is 14.2. The number of nitrogens with zero attached hydrogens (tertiary/aromatic N) is 2. The molecule has 21 heavy (non-hydrogen) atoms. The van der Waals surface area contributed by atoms with Crippen LogP contribution in [0.5, 0.6) is 0 Å². The zero-order chi connectivity index (χ0) is 15.0. The van der Waals surface area contributed by atoms with Crippen molar-refractivity contribution in [2.75, 3.05) is 0 Å². The van der Waals surface area contributed by atoms with Crippen LogP contribution in [0.4, 0.5) is 0 Å². The molecule has 7 heteroatoms. The highest BCUT2D eigenvalue weighted by Gasteiger charge is 2.33. The van der Waals surface area contributed by atoms with E-state index in [-0.39, 0.29) is 11.5 Å². The van der Waals surface area contributed by atoms with Crippen molar-refractivity contribution in [3.8, 4) is 0 Å². The van der Waals surface area contributed by atoms with Crippen molar-refractivity contribution in [2.45, 2.75) is 5.79 Å². The van der Waals surface area contributed by atoms with Gasteiger partial charge in [0, 0.05) is 5.56 Å². The molecule has 0 aliphatic carbocycles. The highest BCUT2D eigenvalue weighted by Crippen LogP contribution is 2.25. The minimum absolute atomic E-state index is 0.200. The molecule has 1 atom stereocenters. The second-order valence-corrected chi connectivity index (χ2v) is 4.76. The largest absolute Gasteiger partial charge is 0.378 e. The van der Waals surface area contributed by atoms with Crippen LogP contribution < -0.4 is 16.8 Å². The molecule has 7 nitrogen and oxygen atoms in total. The highest BCUT2D eigenvalue weighted by molar-refractivity contribution is 5.95. The van der Waals surface area contributed by atoms with E-state index in [4.69, 9.17) is 11.5 Å². The number of rotatable bonds is 2. The summed E-state index contributed by atoms with van der Waals surface area (Å²) in [5, 5.41) is 15.6. The highest BCUT2D eigenvalue weighted by atomic mass is 16.6. The first-order valence-electron chi connectivity index (χ1n) is 6.26. The number of hydrogen-bond donors (Lipinski definition) is 3. The van der Waals surface area contributed by atoms with Gasteiger partial charge in [0.25, 0.3) is 0 Å². The predicted molar refractivity (Wildman–Crippen MR) is 79.6 cm³/mol. The molecule has 5 N–H and O–H groups in total. The number of nitro groups is 1. The standard InChI is InChI=1S/C14H13N5O2/c15-13-12(19(20)21)8-17-14(16,18-13)11-6-5-9-3-1-2-4-10(9)7-11/h1-8,17H,16H2,(H2,15,18). The maximum absolute atomic E-state index is 10.8. The molecule has 2 aromatic rings. The molecule has 1 unspecified atom stereocenters. The molecule has 0 radical (unpaired) electrons.